The van der Waals surface area contributed by atoms with E-state index in [4.69, 9.17) is 4.74 Å². The summed E-state index contributed by atoms with van der Waals surface area (Å²) in [6.45, 7) is 2.65. The third-order valence-electron chi connectivity index (χ3n) is 3.15. The molecule has 0 unspecified atom stereocenters. The normalized spacial score (nSPS) is 22.0. The first-order valence-electron chi connectivity index (χ1n) is 7.11. The highest BCUT2D eigenvalue weighted by molar-refractivity contribution is 5.97. The molecule has 1 aromatic rings. The fourth-order valence-corrected chi connectivity index (χ4v) is 2.03. The lowest BCUT2D eigenvalue weighted by Crippen LogP contribution is -2.41. The number of rotatable bonds is 0. The third kappa shape index (κ3) is 4.63. The van der Waals surface area contributed by atoms with E-state index in [2.05, 4.69) is 10.6 Å². The van der Waals surface area contributed by atoms with Gasteiger partial charge >= 0.3 is 0 Å². The SMILES string of the molecule is C[C@H]1CNC(=O)CC/C=C/COc2ccccc2C(=O)N1. The summed E-state index contributed by atoms with van der Waals surface area (Å²) < 4.78 is 5.62. The van der Waals surface area contributed by atoms with Gasteiger partial charge in [-0.25, -0.2) is 0 Å². The molecule has 5 nitrogen and oxygen atoms in total. The number of carbonyl (C=O) groups excluding carboxylic acids is 2. The highest BCUT2D eigenvalue weighted by Gasteiger charge is 2.15. The summed E-state index contributed by atoms with van der Waals surface area (Å²) in [7, 11) is 0. The van der Waals surface area contributed by atoms with E-state index in [1.54, 1.807) is 18.2 Å². The molecule has 0 bridgehead atoms. The summed E-state index contributed by atoms with van der Waals surface area (Å²) in [6, 6.07) is 7.00. The zero-order valence-electron chi connectivity index (χ0n) is 12.1. The molecule has 0 spiro atoms. The van der Waals surface area contributed by atoms with Crippen molar-refractivity contribution in [1.29, 1.82) is 0 Å². The van der Waals surface area contributed by atoms with Gasteiger partial charge in [-0.05, 0) is 25.5 Å². The number of allylic oxidation sites excluding steroid dienone is 1. The van der Waals surface area contributed by atoms with Crippen molar-refractivity contribution in [2.45, 2.75) is 25.8 Å². The van der Waals surface area contributed by atoms with Crippen molar-refractivity contribution in [3.63, 3.8) is 0 Å². The Morgan fingerprint density at radius 1 is 1.19 bits per heavy atom. The summed E-state index contributed by atoms with van der Waals surface area (Å²) in [6.07, 6.45) is 4.89. The van der Waals surface area contributed by atoms with Crippen LogP contribution in [0.15, 0.2) is 36.4 Å². The van der Waals surface area contributed by atoms with Gasteiger partial charge in [-0.1, -0.05) is 24.3 Å². The highest BCUT2D eigenvalue weighted by Crippen LogP contribution is 2.18. The number of nitrogens with one attached hydrogen (secondary N) is 2. The first-order chi connectivity index (χ1) is 10.2. The van der Waals surface area contributed by atoms with Crippen molar-refractivity contribution in [2.75, 3.05) is 13.2 Å². The van der Waals surface area contributed by atoms with Crippen LogP contribution in [-0.4, -0.2) is 31.0 Å². The number of fused-ring (bicyclic) bond motifs is 1. The van der Waals surface area contributed by atoms with Crippen molar-refractivity contribution in [1.82, 2.24) is 10.6 Å². The zero-order chi connectivity index (χ0) is 15.1. The lowest BCUT2D eigenvalue weighted by atomic mass is 10.1. The van der Waals surface area contributed by atoms with Crippen molar-refractivity contribution in [3.8, 4) is 5.75 Å². The second-order valence-electron chi connectivity index (χ2n) is 5.00. The first-order valence-corrected chi connectivity index (χ1v) is 7.11. The van der Waals surface area contributed by atoms with Crippen LogP contribution in [0.2, 0.25) is 0 Å². The van der Waals surface area contributed by atoms with E-state index >= 15 is 0 Å². The van der Waals surface area contributed by atoms with Crippen molar-refractivity contribution in [3.05, 3.63) is 42.0 Å². The smallest absolute Gasteiger partial charge is 0.255 e. The Morgan fingerprint density at radius 2 is 2.00 bits per heavy atom. The van der Waals surface area contributed by atoms with Crippen LogP contribution in [0.1, 0.15) is 30.1 Å². The fourth-order valence-electron chi connectivity index (χ4n) is 2.03. The van der Waals surface area contributed by atoms with E-state index in [0.29, 0.717) is 37.3 Å². The van der Waals surface area contributed by atoms with Crippen molar-refractivity contribution >= 4 is 11.8 Å². The van der Waals surface area contributed by atoms with Gasteiger partial charge in [-0.3, -0.25) is 9.59 Å². The number of para-hydroxylation sites is 1. The molecule has 0 aliphatic carbocycles. The van der Waals surface area contributed by atoms with Crippen molar-refractivity contribution < 1.29 is 14.3 Å². The molecule has 0 radical (unpaired) electrons. The standard InChI is InChI=1S/C16H20N2O3/c1-12-11-17-15(19)9-3-2-6-10-21-14-8-5-4-7-13(14)16(20)18-12/h2,4-8,12H,3,9-11H2,1H3,(H,17,19)(H,18,20)/b6-2+/t12-/m0/s1. The minimum absolute atomic E-state index is 0.0147. The minimum atomic E-state index is -0.201. The summed E-state index contributed by atoms with van der Waals surface area (Å²) in [5.41, 5.74) is 0.501. The molecular weight excluding hydrogens is 268 g/mol. The maximum Gasteiger partial charge on any atom is 0.255 e. The fraction of sp³-hybridized carbons (Fsp3) is 0.375. The van der Waals surface area contributed by atoms with Gasteiger partial charge in [0.1, 0.15) is 12.4 Å². The summed E-state index contributed by atoms with van der Waals surface area (Å²) >= 11 is 0. The topological polar surface area (TPSA) is 67.4 Å². The van der Waals surface area contributed by atoms with Gasteiger partial charge in [-0.15, -0.1) is 0 Å². The Morgan fingerprint density at radius 3 is 2.86 bits per heavy atom. The van der Waals surface area contributed by atoms with E-state index in [0.717, 1.165) is 0 Å². The van der Waals surface area contributed by atoms with Gasteiger partial charge in [0.25, 0.3) is 5.91 Å². The predicted molar refractivity (Wildman–Crippen MR) is 80.2 cm³/mol. The minimum Gasteiger partial charge on any atom is -0.489 e. The molecule has 2 N–H and O–H groups in total. The number of ether oxygens (including phenoxy) is 1. The Labute approximate surface area is 124 Å². The largest absolute Gasteiger partial charge is 0.489 e. The van der Waals surface area contributed by atoms with Crippen LogP contribution >= 0.6 is 0 Å². The molecule has 0 saturated heterocycles. The molecule has 0 aromatic heterocycles. The summed E-state index contributed by atoms with van der Waals surface area (Å²) in [5.74, 6) is 0.348. The molecule has 1 aromatic carbocycles. The van der Waals surface area contributed by atoms with Crippen LogP contribution in [0.5, 0.6) is 5.75 Å². The number of hydrogen-bond acceptors (Lipinski definition) is 3. The van der Waals surface area contributed by atoms with Gasteiger partial charge in [-0.2, -0.15) is 0 Å². The maximum absolute atomic E-state index is 12.2. The number of amides is 2. The molecule has 2 rings (SSSR count). The molecule has 5 heteroatoms. The Kier molecular flexibility index (Phi) is 5.37. The van der Waals surface area contributed by atoms with E-state index in [1.165, 1.54) is 0 Å². The van der Waals surface area contributed by atoms with Crippen LogP contribution in [0.3, 0.4) is 0 Å². The Bertz CT molecular complexity index is 540. The van der Waals surface area contributed by atoms with Gasteiger partial charge in [0.2, 0.25) is 5.91 Å². The van der Waals surface area contributed by atoms with Crippen LogP contribution in [0, 0.1) is 0 Å². The molecule has 2 amide bonds. The molecule has 21 heavy (non-hydrogen) atoms. The van der Waals surface area contributed by atoms with Gasteiger partial charge in [0.05, 0.1) is 5.56 Å². The Hall–Kier alpha value is -2.30. The lowest BCUT2D eigenvalue weighted by Gasteiger charge is -2.16. The molecule has 112 valence electrons. The summed E-state index contributed by atoms with van der Waals surface area (Å²) in [4.78, 5) is 23.8. The molecule has 0 fully saturated rings. The highest BCUT2D eigenvalue weighted by atomic mass is 16.5. The third-order valence-corrected chi connectivity index (χ3v) is 3.15. The molecular formula is C16H20N2O3. The first kappa shape index (κ1) is 15.1. The predicted octanol–water partition coefficient (Wildman–Crippen LogP) is 1.65. The van der Waals surface area contributed by atoms with E-state index in [1.807, 2.05) is 25.1 Å². The van der Waals surface area contributed by atoms with Crippen LogP contribution in [-0.2, 0) is 4.79 Å². The second-order valence-corrected chi connectivity index (χ2v) is 5.00. The molecule has 0 saturated carbocycles. The second kappa shape index (κ2) is 7.47. The van der Waals surface area contributed by atoms with Crippen molar-refractivity contribution in [2.24, 2.45) is 0 Å². The van der Waals surface area contributed by atoms with E-state index in [-0.39, 0.29) is 17.9 Å². The number of carbonyl (C=O) groups is 2. The van der Waals surface area contributed by atoms with Crippen LogP contribution < -0.4 is 15.4 Å². The van der Waals surface area contributed by atoms with Crippen LogP contribution in [0.25, 0.3) is 0 Å². The zero-order valence-corrected chi connectivity index (χ0v) is 12.1. The molecule has 1 atom stereocenters. The maximum atomic E-state index is 12.2. The number of benzene rings is 1. The quantitative estimate of drug-likeness (QED) is 0.713. The molecule has 1 aliphatic rings. The van der Waals surface area contributed by atoms with Gasteiger partial charge in [0.15, 0.2) is 0 Å². The van der Waals surface area contributed by atoms with Gasteiger partial charge in [0, 0.05) is 19.0 Å². The van der Waals surface area contributed by atoms with Gasteiger partial charge < -0.3 is 15.4 Å². The molecule has 1 aliphatic heterocycles. The lowest BCUT2D eigenvalue weighted by molar-refractivity contribution is -0.121. The van der Waals surface area contributed by atoms with E-state index in [9.17, 15) is 9.59 Å². The van der Waals surface area contributed by atoms with E-state index < -0.39 is 0 Å². The Balaban J connectivity index is 2.16. The number of hydrogen-bond donors (Lipinski definition) is 2. The average molecular weight is 288 g/mol. The summed E-state index contributed by atoms with van der Waals surface area (Å²) in [5, 5.41) is 5.67. The average Bonchev–Trinajstić information content (AvgIpc) is 2.48. The monoisotopic (exact) mass is 288 g/mol. The van der Waals surface area contributed by atoms with Crippen LogP contribution in [0.4, 0.5) is 0 Å². The molecule has 1 heterocycles.